The van der Waals surface area contributed by atoms with Gasteiger partial charge in [0.25, 0.3) is 0 Å². The van der Waals surface area contributed by atoms with Gasteiger partial charge in [-0.25, -0.2) is 0 Å². The zero-order valence-corrected chi connectivity index (χ0v) is 11.0. The Morgan fingerprint density at radius 3 is 2.76 bits per heavy atom. The van der Waals surface area contributed by atoms with E-state index in [2.05, 4.69) is 27.3 Å². The Kier molecular flexibility index (Phi) is 3.04. The molecule has 0 amide bonds. The van der Waals surface area contributed by atoms with Crippen LogP contribution in [-0.2, 0) is 6.54 Å². The minimum atomic E-state index is 0.715. The van der Waals surface area contributed by atoms with E-state index in [-0.39, 0.29) is 0 Å². The van der Waals surface area contributed by atoms with Crippen LogP contribution in [0, 0.1) is 0 Å². The number of benzene rings is 1. The van der Waals surface area contributed by atoms with Gasteiger partial charge in [0, 0.05) is 16.1 Å². The first-order chi connectivity index (χ1) is 8.33. The van der Waals surface area contributed by atoms with E-state index in [0.29, 0.717) is 6.04 Å². The smallest absolute Gasteiger partial charge is 0.135 e. The molecule has 0 aliphatic heterocycles. The van der Waals surface area contributed by atoms with Crippen LogP contribution in [0.2, 0.25) is 0 Å². The highest BCUT2D eigenvalue weighted by Gasteiger charge is 2.20. The van der Waals surface area contributed by atoms with Crippen LogP contribution in [-0.4, -0.2) is 6.04 Å². The zero-order valence-electron chi connectivity index (χ0n) is 9.45. The second-order valence-corrected chi connectivity index (χ2v) is 5.26. The van der Waals surface area contributed by atoms with E-state index in [4.69, 9.17) is 4.42 Å². The lowest BCUT2D eigenvalue weighted by Gasteiger charge is -2.01. The Labute approximate surface area is 109 Å². The van der Waals surface area contributed by atoms with Crippen LogP contribution in [0.3, 0.4) is 0 Å². The molecule has 88 valence electrons. The maximum absolute atomic E-state index is 5.84. The van der Waals surface area contributed by atoms with Gasteiger partial charge >= 0.3 is 0 Å². The monoisotopic (exact) mass is 291 g/mol. The summed E-state index contributed by atoms with van der Waals surface area (Å²) in [5.74, 6) is 1.92. The molecule has 1 aromatic heterocycles. The van der Waals surface area contributed by atoms with Gasteiger partial charge in [-0.1, -0.05) is 34.1 Å². The Bertz CT molecular complexity index is 516. The van der Waals surface area contributed by atoms with E-state index in [1.807, 2.05) is 30.3 Å². The molecule has 1 saturated carbocycles. The quantitative estimate of drug-likeness (QED) is 0.922. The van der Waals surface area contributed by atoms with Crippen LogP contribution >= 0.6 is 15.9 Å². The summed E-state index contributed by atoms with van der Waals surface area (Å²) in [6.45, 7) is 0.828. The van der Waals surface area contributed by atoms with Crippen molar-refractivity contribution < 1.29 is 4.42 Å². The summed E-state index contributed by atoms with van der Waals surface area (Å²) < 4.78 is 6.90. The molecule has 3 heteroatoms. The summed E-state index contributed by atoms with van der Waals surface area (Å²) >= 11 is 3.54. The van der Waals surface area contributed by atoms with Gasteiger partial charge in [0.05, 0.1) is 6.54 Å². The molecular weight excluding hydrogens is 278 g/mol. The fourth-order valence-electron chi connectivity index (χ4n) is 1.81. The minimum Gasteiger partial charge on any atom is -0.460 e. The predicted octanol–water partition coefficient (Wildman–Crippen LogP) is 3.96. The normalized spacial score (nSPS) is 15.1. The van der Waals surface area contributed by atoms with Crippen molar-refractivity contribution >= 4 is 15.9 Å². The predicted molar refractivity (Wildman–Crippen MR) is 71.7 cm³/mol. The third-order valence-corrected chi connectivity index (χ3v) is 3.63. The number of hydrogen-bond acceptors (Lipinski definition) is 2. The first-order valence-corrected chi connectivity index (χ1v) is 6.69. The molecule has 1 aliphatic carbocycles. The molecule has 2 nitrogen and oxygen atoms in total. The summed E-state index contributed by atoms with van der Waals surface area (Å²) in [4.78, 5) is 0. The SMILES string of the molecule is Brc1ccccc1-c1ccc(CNC2CC2)o1. The first kappa shape index (κ1) is 11.1. The molecule has 1 fully saturated rings. The van der Waals surface area contributed by atoms with Crippen molar-refractivity contribution in [2.45, 2.75) is 25.4 Å². The van der Waals surface area contributed by atoms with Crippen LogP contribution in [0.5, 0.6) is 0 Å². The van der Waals surface area contributed by atoms with Crippen LogP contribution in [0.15, 0.2) is 45.3 Å². The first-order valence-electron chi connectivity index (χ1n) is 5.90. The molecule has 17 heavy (non-hydrogen) atoms. The second kappa shape index (κ2) is 4.67. The molecule has 0 radical (unpaired) electrons. The molecular formula is C14H14BrNO. The van der Waals surface area contributed by atoms with E-state index in [9.17, 15) is 0 Å². The zero-order chi connectivity index (χ0) is 11.7. The van der Waals surface area contributed by atoms with E-state index in [1.54, 1.807) is 0 Å². The van der Waals surface area contributed by atoms with Gasteiger partial charge in [0.15, 0.2) is 0 Å². The van der Waals surface area contributed by atoms with E-state index >= 15 is 0 Å². The van der Waals surface area contributed by atoms with Crippen LogP contribution in [0.4, 0.5) is 0 Å². The van der Waals surface area contributed by atoms with Gasteiger partial charge in [-0.15, -0.1) is 0 Å². The largest absolute Gasteiger partial charge is 0.460 e. The summed E-state index contributed by atoms with van der Waals surface area (Å²) in [6, 6.07) is 12.9. The third kappa shape index (κ3) is 2.61. The van der Waals surface area contributed by atoms with Gasteiger partial charge in [-0.3, -0.25) is 0 Å². The molecule has 0 spiro atoms. The van der Waals surface area contributed by atoms with Crippen molar-refractivity contribution in [2.24, 2.45) is 0 Å². The standard InChI is InChI=1S/C14H14BrNO/c15-13-4-2-1-3-12(13)14-8-7-11(17-14)9-16-10-5-6-10/h1-4,7-8,10,16H,5-6,9H2. The number of halogens is 1. The molecule has 1 aliphatic rings. The Morgan fingerprint density at radius 1 is 1.18 bits per heavy atom. The fraction of sp³-hybridized carbons (Fsp3) is 0.286. The van der Waals surface area contributed by atoms with Crippen molar-refractivity contribution in [3.8, 4) is 11.3 Å². The average Bonchev–Trinajstić information content (AvgIpc) is 3.06. The van der Waals surface area contributed by atoms with Crippen molar-refractivity contribution in [1.29, 1.82) is 0 Å². The van der Waals surface area contributed by atoms with E-state index in [1.165, 1.54) is 12.8 Å². The van der Waals surface area contributed by atoms with Gasteiger partial charge < -0.3 is 9.73 Å². The number of furan rings is 1. The molecule has 0 bridgehead atoms. The molecule has 0 unspecified atom stereocenters. The Hall–Kier alpha value is -1.06. The van der Waals surface area contributed by atoms with Gasteiger partial charge in [0.1, 0.15) is 11.5 Å². The lowest BCUT2D eigenvalue weighted by Crippen LogP contribution is -2.14. The van der Waals surface area contributed by atoms with Gasteiger partial charge in [0.2, 0.25) is 0 Å². The minimum absolute atomic E-state index is 0.715. The highest BCUT2D eigenvalue weighted by molar-refractivity contribution is 9.10. The summed E-state index contributed by atoms with van der Waals surface area (Å²) in [5.41, 5.74) is 1.10. The van der Waals surface area contributed by atoms with Crippen LogP contribution in [0.25, 0.3) is 11.3 Å². The summed E-state index contributed by atoms with van der Waals surface area (Å²) in [6.07, 6.45) is 2.61. The van der Waals surface area contributed by atoms with Crippen molar-refractivity contribution in [3.05, 3.63) is 46.6 Å². The topological polar surface area (TPSA) is 25.2 Å². The van der Waals surface area contributed by atoms with Crippen molar-refractivity contribution in [2.75, 3.05) is 0 Å². The molecule has 2 aromatic rings. The molecule has 1 heterocycles. The maximum Gasteiger partial charge on any atom is 0.135 e. The number of rotatable bonds is 4. The summed E-state index contributed by atoms with van der Waals surface area (Å²) in [5, 5.41) is 3.45. The highest BCUT2D eigenvalue weighted by Crippen LogP contribution is 2.29. The number of hydrogen-bond donors (Lipinski definition) is 1. The highest BCUT2D eigenvalue weighted by atomic mass is 79.9. The lowest BCUT2D eigenvalue weighted by molar-refractivity contribution is 0.492. The Balaban J connectivity index is 1.77. The second-order valence-electron chi connectivity index (χ2n) is 4.40. The maximum atomic E-state index is 5.84. The number of nitrogens with one attached hydrogen (secondary N) is 1. The molecule has 0 atom stereocenters. The van der Waals surface area contributed by atoms with E-state index < -0.39 is 0 Å². The molecule has 1 aromatic carbocycles. The van der Waals surface area contributed by atoms with Crippen molar-refractivity contribution in [1.82, 2.24) is 5.32 Å². The van der Waals surface area contributed by atoms with Crippen LogP contribution in [0.1, 0.15) is 18.6 Å². The van der Waals surface area contributed by atoms with Gasteiger partial charge in [-0.05, 0) is 31.0 Å². The van der Waals surface area contributed by atoms with Crippen molar-refractivity contribution in [3.63, 3.8) is 0 Å². The summed E-state index contributed by atoms with van der Waals surface area (Å²) in [7, 11) is 0. The Morgan fingerprint density at radius 2 is 2.00 bits per heavy atom. The van der Waals surface area contributed by atoms with Gasteiger partial charge in [-0.2, -0.15) is 0 Å². The third-order valence-electron chi connectivity index (χ3n) is 2.94. The van der Waals surface area contributed by atoms with Crippen LogP contribution < -0.4 is 5.32 Å². The van der Waals surface area contributed by atoms with E-state index in [0.717, 1.165) is 28.1 Å². The fourth-order valence-corrected chi connectivity index (χ4v) is 2.29. The molecule has 3 rings (SSSR count). The average molecular weight is 292 g/mol. The molecule has 0 saturated heterocycles. The lowest BCUT2D eigenvalue weighted by atomic mass is 10.2. The molecule has 1 N–H and O–H groups in total.